The summed E-state index contributed by atoms with van der Waals surface area (Å²) in [6.45, 7) is 0. The van der Waals surface area contributed by atoms with Crippen molar-refractivity contribution in [1.82, 2.24) is 9.97 Å². The van der Waals surface area contributed by atoms with E-state index >= 15 is 0 Å². The van der Waals surface area contributed by atoms with Crippen molar-refractivity contribution in [2.24, 2.45) is 5.10 Å². The van der Waals surface area contributed by atoms with Gasteiger partial charge in [-0.05, 0) is 43.4 Å². The number of aromatic hydroxyl groups is 1. The fourth-order valence-electron chi connectivity index (χ4n) is 2.93. The Balaban J connectivity index is 1.67. The molecule has 1 aliphatic carbocycles. The van der Waals surface area contributed by atoms with Crippen molar-refractivity contribution in [3.8, 4) is 5.75 Å². The average molecular weight is 324 g/mol. The summed E-state index contributed by atoms with van der Waals surface area (Å²) in [7, 11) is 0. The molecule has 0 atom stereocenters. The maximum Gasteiger partial charge on any atom is 0.158 e. The monoisotopic (exact) mass is 324 g/mol. The fraction of sp³-hybridized carbons (Fsp3) is 0.235. The number of benzene rings is 1. The molecule has 1 aromatic carbocycles. The number of phenols is 1. The van der Waals surface area contributed by atoms with Crippen LogP contribution in [0.2, 0.25) is 0 Å². The highest BCUT2D eigenvalue weighted by Crippen LogP contribution is 2.38. The minimum atomic E-state index is 0.207. The van der Waals surface area contributed by atoms with E-state index in [4.69, 9.17) is 0 Å². The van der Waals surface area contributed by atoms with Gasteiger partial charge in [-0.2, -0.15) is 5.10 Å². The Morgan fingerprint density at radius 3 is 2.96 bits per heavy atom. The van der Waals surface area contributed by atoms with Crippen LogP contribution >= 0.6 is 11.3 Å². The van der Waals surface area contributed by atoms with Gasteiger partial charge in [0.2, 0.25) is 0 Å². The summed E-state index contributed by atoms with van der Waals surface area (Å²) in [4.78, 5) is 11.2. The van der Waals surface area contributed by atoms with E-state index < -0.39 is 0 Å². The predicted molar refractivity (Wildman–Crippen MR) is 93.4 cm³/mol. The van der Waals surface area contributed by atoms with Crippen LogP contribution in [0.25, 0.3) is 10.2 Å². The van der Waals surface area contributed by atoms with Crippen LogP contribution in [0.3, 0.4) is 0 Å². The summed E-state index contributed by atoms with van der Waals surface area (Å²) >= 11 is 1.76. The Bertz CT molecular complexity index is 887. The molecule has 5 nitrogen and oxygen atoms in total. The molecule has 0 bridgehead atoms. The van der Waals surface area contributed by atoms with Gasteiger partial charge in [-0.3, -0.25) is 5.43 Å². The number of rotatable bonds is 3. The molecule has 116 valence electrons. The number of anilines is 1. The van der Waals surface area contributed by atoms with Crippen LogP contribution in [0.1, 0.15) is 28.8 Å². The van der Waals surface area contributed by atoms with E-state index in [-0.39, 0.29) is 5.75 Å². The molecule has 2 heterocycles. The molecule has 23 heavy (non-hydrogen) atoms. The minimum absolute atomic E-state index is 0.207. The summed E-state index contributed by atoms with van der Waals surface area (Å²) in [5, 5.41) is 15.1. The topological polar surface area (TPSA) is 70.4 Å². The van der Waals surface area contributed by atoms with Crippen LogP contribution in [0, 0.1) is 0 Å². The number of hydrogen-bond acceptors (Lipinski definition) is 6. The molecule has 0 aliphatic heterocycles. The Labute approximate surface area is 137 Å². The van der Waals surface area contributed by atoms with Crippen molar-refractivity contribution >= 4 is 33.6 Å². The number of fused-ring (bicyclic) bond motifs is 3. The van der Waals surface area contributed by atoms with Gasteiger partial charge in [0.1, 0.15) is 16.9 Å². The molecule has 0 saturated heterocycles. The number of nitrogens with one attached hydrogen (secondary N) is 1. The lowest BCUT2D eigenvalue weighted by atomic mass is 9.97. The van der Waals surface area contributed by atoms with E-state index in [9.17, 15) is 5.11 Å². The van der Waals surface area contributed by atoms with Gasteiger partial charge in [-0.25, -0.2) is 9.97 Å². The van der Waals surface area contributed by atoms with E-state index in [2.05, 4.69) is 20.5 Å². The standard InChI is InChI=1S/C17H16N4OS/c22-13-7-3-1-5-11(13)9-20-21-16-15-12-6-2-4-8-14(12)23-17(15)19-10-18-16/h1,3,5,7,9-10,22H,2,4,6,8H2,(H,18,19,21). The smallest absolute Gasteiger partial charge is 0.158 e. The van der Waals surface area contributed by atoms with E-state index in [1.54, 1.807) is 36.0 Å². The molecule has 0 radical (unpaired) electrons. The second-order valence-electron chi connectivity index (χ2n) is 5.54. The summed E-state index contributed by atoms with van der Waals surface area (Å²) in [5.41, 5.74) is 5.05. The normalized spacial score (nSPS) is 14.3. The highest BCUT2D eigenvalue weighted by Gasteiger charge is 2.19. The Kier molecular flexibility index (Phi) is 3.67. The fourth-order valence-corrected chi connectivity index (χ4v) is 4.16. The molecule has 0 spiro atoms. The van der Waals surface area contributed by atoms with Crippen molar-refractivity contribution in [2.75, 3.05) is 5.43 Å². The van der Waals surface area contributed by atoms with Gasteiger partial charge in [0.05, 0.1) is 11.6 Å². The molecular formula is C17H16N4OS. The maximum absolute atomic E-state index is 9.76. The van der Waals surface area contributed by atoms with Gasteiger partial charge in [0.25, 0.3) is 0 Å². The first-order valence-corrected chi connectivity index (χ1v) is 8.47. The van der Waals surface area contributed by atoms with Crippen LogP contribution in [0.15, 0.2) is 35.7 Å². The maximum atomic E-state index is 9.76. The molecule has 6 heteroatoms. The van der Waals surface area contributed by atoms with Crippen molar-refractivity contribution in [3.63, 3.8) is 0 Å². The average Bonchev–Trinajstić information content (AvgIpc) is 2.96. The number of hydrogen-bond donors (Lipinski definition) is 2. The van der Waals surface area contributed by atoms with Crippen molar-refractivity contribution in [1.29, 1.82) is 0 Å². The zero-order valence-corrected chi connectivity index (χ0v) is 13.3. The van der Waals surface area contributed by atoms with E-state index in [0.717, 1.165) is 28.9 Å². The van der Waals surface area contributed by atoms with Gasteiger partial charge in [0, 0.05) is 10.4 Å². The number of aryl methyl sites for hydroxylation is 2. The lowest BCUT2D eigenvalue weighted by Gasteiger charge is -2.11. The second kappa shape index (κ2) is 5.96. The summed E-state index contributed by atoms with van der Waals surface area (Å²) in [6.07, 6.45) is 7.86. The van der Waals surface area contributed by atoms with Crippen molar-refractivity contribution in [2.45, 2.75) is 25.7 Å². The SMILES string of the molecule is Oc1ccccc1C=NNc1ncnc2sc3c(c12)CCCC3. The number of para-hydroxylation sites is 1. The van der Waals surface area contributed by atoms with Gasteiger partial charge in [0.15, 0.2) is 5.82 Å². The molecule has 2 aromatic heterocycles. The molecule has 1 aliphatic rings. The summed E-state index contributed by atoms with van der Waals surface area (Å²) in [6, 6.07) is 7.09. The molecule has 2 N–H and O–H groups in total. The summed E-state index contributed by atoms with van der Waals surface area (Å²) in [5.74, 6) is 0.944. The number of thiophene rings is 1. The van der Waals surface area contributed by atoms with Gasteiger partial charge >= 0.3 is 0 Å². The predicted octanol–water partition coefficient (Wildman–Crippen LogP) is 3.72. The molecule has 0 amide bonds. The first-order valence-electron chi connectivity index (χ1n) is 7.65. The number of phenolic OH excluding ortho intramolecular Hbond substituents is 1. The van der Waals surface area contributed by atoms with Crippen molar-refractivity contribution in [3.05, 3.63) is 46.6 Å². The molecule has 0 fully saturated rings. The zero-order valence-electron chi connectivity index (χ0n) is 12.5. The summed E-state index contributed by atoms with van der Waals surface area (Å²) < 4.78 is 0. The van der Waals surface area contributed by atoms with E-state index in [0.29, 0.717) is 5.56 Å². The molecule has 4 rings (SSSR count). The zero-order chi connectivity index (χ0) is 15.6. The quantitative estimate of drug-likeness (QED) is 0.569. The van der Waals surface area contributed by atoms with Gasteiger partial charge in [-0.15, -0.1) is 11.3 Å². The second-order valence-corrected chi connectivity index (χ2v) is 6.63. The Hall–Kier alpha value is -2.47. The third-order valence-corrected chi connectivity index (χ3v) is 5.26. The first-order chi connectivity index (χ1) is 11.3. The Morgan fingerprint density at radius 2 is 2.04 bits per heavy atom. The number of hydrazone groups is 1. The highest BCUT2D eigenvalue weighted by atomic mass is 32.1. The van der Waals surface area contributed by atoms with Gasteiger partial charge in [-0.1, -0.05) is 12.1 Å². The third kappa shape index (κ3) is 2.66. The van der Waals surface area contributed by atoms with Crippen LogP contribution in [0.4, 0.5) is 5.82 Å². The largest absolute Gasteiger partial charge is 0.507 e. The molecule has 3 aromatic rings. The van der Waals surface area contributed by atoms with Crippen LogP contribution < -0.4 is 5.43 Å². The minimum Gasteiger partial charge on any atom is -0.507 e. The number of aromatic nitrogens is 2. The van der Waals surface area contributed by atoms with Gasteiger partial charge < -0.3 is 5.11 Å². The van der Waals surface area contributed by atoms with E-state index in [1.165, 1.54) is 23.3 Å². The highest BCUT2D eigenvalue weighted by molar-refractivity contribution is 7.19. The van der Waals surface area contributed by atoms with Crippen LogP contribution in [0.5, 0.6) is 5.75 Å². The number of nitrogens with zero attached hydrogens (tertiary/aromatic N) is 3. The third-order valence-electron chi connectivity index (χ3n) is 4.06. The van der Waals surface area contributed by atoms with Crippen molar-refractivity contribution < 1.29 is 5.11 Å². The molecule has 0 unspecified atom stereocenters. The molecular weight excluding hydrogens is 308 g/mol. The lowest BCUT2D eigenvalue weighted by molar-refractivity contribution is 0.474. The van der Waals surface area contributed by atoms with Crippen LogP contribution in [-0.4, -0.2) is 21.3 Å². The first kappa shape index (κ1) is 14.1. The Morgan fingerprint density at radius 1 is 1.17 bits per heavy atom. The van der Waals surface area contributed by atoms with Crippen LogP contribution in [-0.2, 0) is 12.8 Å². The van der Waals surface area contributed by atoms with E-state index in [1.807, 2.05) is 12.1 Å². The lowest BCUT2D eigenvalue weighted by Crippen LogP contribution is -2.00. The molecule has 0 saturated carbocycles.